The lowest BCUT2D eigenvalue weighted by Crippen LogP contribution is -2.10. The minimum absolute atomic E-state index is 0.169. The quantitative estimate of drug-likeness (QED) is 0.497. The molecule has 0 fully saturated rings. The molecule has 64 valence electrons. The van der Waals surface area contributed by atoms with Gasteiger partial charge in [-0.05, 0) is 18.4 Å². The van der Waals surface area contributed by atoms with E-state index in [-0.39, 0.29) is 5.78 Å². The van der Waals surface area contributed by atoms with Crippen molar-refractivity contribution >= 4 is 29.0 Å². The standard InChI is InChI=1S/C8H12Cl2O/c1-3-5-6(4-2)7(11)8(9)10/h5,8H,3-4H2,1-2H3/b6-5+. The van der Waals surface area contributed by atoms with Gasteiger partial charge in [-0.3, -0.25) is 4.79 Å². The summed E-state index contributed by atoms with van der Waals surface area (Å²) >= 11 is 10.8. The summed E-state index contributed by atoms with van der Waals surface area (Å²) in [4.78, 5) is 10.2. The van der Waals surface area contributed by atoms with E-state index in [4.69, 9.17) is 23.2 Å². The molecule has 11 heavy (non-hydrogen) atoms. The predicted molar refractivity (Wildman–Crippen MR) is 49.2 cm³/mol. The molecule has 0 unspecified atom stereocenters. The molecule has 0 aliphatic rings. The van der Waals surface area contributed by atoms with E-state index in [1.165, 1.54) is 0 Å². The molecule has 0 spiro atoms. The number of alkyl halides is 2. The van der Waals surface area contributed by atoms with Crippen LogP contribution in [0.5, 0.6) is 0 Å². The molecule has 0 bridgehead atoms. The molecule has 0 aromatic carbocycles. The summed E-state index contributed by atoms with van der Waals surface area (Å²) < 4.78 is 0. The second-order valence-corrected chi connectivity index (χ2v) is 3.25. The molecular weight excluding hydrogens is 183 g/mol. The van der Waals surface area contributed by atoms with Crippen molar-refractivity contribution in [1.29, 1.82) is 0 Å². The Kier molecular flexibility index (Phi) is 5.61. The molecule has 0 atom stereocenters. The van der Waals surface area contributed by atoms with E-state index in [0.29, 0.717) is 6.42 Å². The van der Waals surface area contributed by atoms with Gasteiger partial charge in [-0.1, -0.05) is 43.1 Å². The molecule has 0 aliphatic carbocycles. The lowest BCUT2D eigenvalue weighted by atomic mass is 10.1. The number of allylic oxidation sites excluding steroid dienone is 2. The van der Waals surface area contributed by atoms with Gasteiger partial charge >= 0.3 is 0 Å². The van der Waals surface area contributed by atoms with Gasteiger partial charge in [0.15, 0.2) is 10.6 Å². The fourth-order valence-corrected chi connectivity index (χ4v) is 1.09. The van der Waals surface area contributed by atoms with Crippen LogP contribution < -0.4 is 0 Å². The largest absolute Gasteiger partial charge is 0.291 e. The highest BCUT2D eigenvalue weighted by Crippen LogP contribution is 2.13. The van der Waals surface area contributed by atoms with Crippen molar-refractivity contribution < 1.29 is 4.79 Å². The first-order valence-electron chi connectivity index (χ1n) is 3.64. The first-order chi connectivity index (χ1) is 5.13. The Hall–Kier alpha value is -0.0100. The number of Topliss-reactive ketones (excluding diaryl/α,β-unsaturated/α-hetero) is 1. The summed E-state index contributed by atoms with van der Waals surface area (Å²) in [7, 11) is 0. The Morgan fingerprint density at radius 3 is 2.27 bits per heavy atom. The van der Waals surface area contributed by atoms with Gasteiger partial charge in [0.2, 0.25) is 0 Å². The summed E-state index contributed by atoms with van der Waals surface area (Å²) in [5.74, 6) is -0.169. The minimum Gasteiger partial charge on any atom is -0.291 e. The van der Waals surface area contributed by atoms with E-state index in [0.717, 1.165) is 12.0 Å². The van der Waals surface area contributed by atoms with Gasteiger partial charge in [-0.2, -0.15) is 0 Å². The Labute approximate surface area is 77.4 Å². The van der Waals surface area contributed by atoms with E-state index in [1.807, 2.05) is 19.9 Å². The number of rotatable bonds is 4. The molecular formula is C8H12Cl2O. The van der Waals surface area contributed by atoms with E-state index >= 15 is 0 Å². The topological polar surface area (TPSA) is 17.1 Å². The summed E-state index contributed by atoms with van der Waals surface area (Å²) in [6.45, 7) is 3.88. The fourth-order valence-electron chi connectivity index (χ4n) is 0.806. The van der Waals surface area contributed by atoms with Crippen molar-refractivity contribution in [2.75, 3.05) is 0 Å². The van der Waals surface area contributed by atoms with Crippen LogP contribution in [-0.4, -0.2) is 10.6 Å². The maximum atomic E-state index is 11.1. The van der Waals surface area contributed by atoms with E-state index in [2.05, 4.69) is 0 Å². The molecule has 0 rings (SSSR count). The summed E-state index contributed by atoms with van der Waals surface area (Å²) in [6, 6.07) is 0. The highest BCUT2D eigenvalue weighted by atomic mass is 35.5. The number of halogens is 2. The average Bonchev–Trinajstić information content (AvgIpc) is 1.98. The Morgan fingerprint density at radius 1 is 1.45 bits per heavy atom. The van der Waals surface area contributed by atoms with Crippen LogP contribution in [0.15, 0.2) is 11.6 Å². The molecule has 0 heterocycles. The molecule has 0 aliphatic heterocycles. The van der Waals surface area contributed by atoms with Crippen molar-refractivity contribution in [2.24, 2.45) is 0 Å². The fraction of sp³-hybridized carbons (Fsp3) is 0.625. The van der Waals surface area contributed by atoms with Crippen molar-refractivity contribution in [1.82, 2.24) is 0 Å². The maximum Gasteiger partial charge on any atom is 0.191 e. The van der Waals surface area contributed by atoms with Crippen LogP contribution in [0.2, 0.25) is 0 Å². The third-order valence-corrected chi connectivity index (χ3v) is 1.74. The number of hydrogen-bond acceptors (Lipinski definition) is 1. The normalized spacial score (nSPS) is 12.3. The molecule has 0 N–H and O–H groups in total. The second kappa shape index (κ2) is 5.62. The lowest BCUT2D eigenvalue weighted by molar-refractivity contribution is -0.114. The monoisotopic (exact) mass is 194 g/mol. The van der Waals surface area contributed by atoms with E-state index in [9.17, 15) is 4.79 Å². The Bertz CT molecular complexity index is 161. The molecule has 0 aromatic rings. The van der Waals surface area contributed by atoms with Crippen LogP contribution in [-0.2, 0) is 4.79 Å². The van der Waals surface area contributed by atoms with Crippen LogP contribution in [0, 0.1) is 0 Å². The van der Waals surface area contributed by atoms with Gasteiger partial charge in [-0.15, -0.1) is 0 Å². The SMILES string of the molecule is CC/C=C(\CC)C(=O)C(Cl)Cl. The van der Waals surface area contributed by atoms with Gasteiger partial charge in [0.25, 0.3) is 0 Å². The van der Waals surface area contributed by atoms with Crippen molar-refractivity contribution in [3.63, 3.8) is 0 Å². The zero-order chi connectivity index (χ0) is 8.85. The first kappa shape index (κ1) is 11.0. The number of carbonyl (C=O) groups excluding carboxylic acids is 1. The number of hydrogen-bond donors (Lipinski definition) is 0. The van der Waals surface area contributed by atoms with Crippen LogP contribution in [0.1, 0.15) is 26.7 Å². The maximum absolute atomic E-state index is 11.1. The molecule has 1 nitrogen and oxygen atoms in total. The number of carbonyl (C=O) groups is 1. The van der Waals surface area contributed by atoms with Gasteiger partial charge in [-0.25, -0.2) is 0 Å². The summed E-state index contributed by atoms with van der Waals surface area (Å²) in [6.07, 6.45) is 3.40. The molecule has 3 heteroatoms. The zero-order valence-electron chi connectivity index (χ0n) is 6.73. The van der Waals surface area contributed by atoms with Crippen molar-refractivity contribution in [3.8, 4) is 0 Å². The van der Waals surface area contributed by atoms with Crippen LogP contribution in [0.25, 0.3) is 0 Å². The smallest absolute Gasteiger partial charge is 0.191 e. The van der Waals surface area contributed by atoms with Crippen LogP contribution >= 0.6 is 23.2 Å². The molecule has 0 saturated heterocycles. The highest BCUT2D eigenvalue weighted by molar-refractivity contribution is 6.55. The third-order valence-electron chi connectivity index (χ3n) is 1.35. The molecule has 0 amide bonds. The van der Waals surface area contributed by atoms with Crippen molar-refractivity contribution in [3.05, 3.63) is 11.6 Å². The summed E-state index contributed by atoms with van der Waals surface area (Å²) in [5.41, 5.74) is 0.725. The molecule has 0 aromatic heterocycles. The predicted octanol–water partition coefficient (Wildman–Crippen LogP) is 3.11. The van der Waals surface area contributed by atoms with Gasteiger partial charge in [0, 0.05) is 0 Å². The first-order valence-corrected chi connectivity index (χ1v) is 4.52. The second-order valence-electron chi connectivity index (χ2n) is 2.16. The highest BCUT2D eigenvalue weighted by Gasteiger charge is 2.14. The van der Waals surface area contributed by atoms with Gasteiger partial charge < -0.3 is 0 Å². The third kappa shape index (κ3) is 3.78. The minimum atomic E-state index is -0.909. The lowest BCUT2D eigenvalue weighted by Gasteiger charge is -2.02. The molecule has 0 saturated carbocycles. The van der Waals surface area contributed by atoms with Gasteiger partial charge in [0.05, 0.1) is 0 Å². The Balaban J connectivity index is 4.26. The van der Waals surface area contributed by atoms with E-state index < -0.39 is 4.84 Å². The Morgan fingerprint density at radius 2 is 2.00 bits per heavy atom. The molecule has 0 radical (unpaired) electrons. The van der Waals surface area contributed by atoms with Gasteiger partial charge in [0.1, 0.15) is 0 Å². The number of ketones is 1. The van der Waals surface area contributed by atoms with Crippen molar-refractivity contribution in [2.45, 2.75) is 31.5 Å². The summed E-state index contributed by atoms with van der Waals surface area (Å²) in [5, 5.41) is 0. The van der Waals surface area contributed by atoms with E-state index in [1.54, 1.807) is 0 Å². The average molecular weight is 195 g/mol. The van der Waals surface area contributed by atoms with Crippen LogP contribution in [0.3, 0.4) is 0 Å². The van der Waals surface area contributed by atoms with Crippen LogP contribution in [0.4, 0.5) is 0 Å². The zero-order valence-corrected chi connectivity index (χ0v) is 8.24.